The van der Waals surface area contributed by atoms with Crippen LogP contribution in [0.2, 0.25) is 0 Å². The number of aromatic nitrogens is 2. The van der Waals surface area contributed by atoms with Gasteiger partial charge in [0.1, 0.15) is 5.82 Å². The first kappa shape index (κ1) is 15.2. The smallest absolute Gasteiger partial charge is 0.256 e. The van der Waals surface area contributed by atoms with E-state index in [2.05, 4.69) is 15.3 Å². The second kappa shape index (κ2) is 5.94. The molecule has 5 heteroatoms. The molecule has 0 spiro atoms. The Bertz CT molecular complexity index is 1120. The van der Waals surface area contributed by atoms with Crippen LogP contribution >= 0.6 is 0 Å². The molecule has 0 unspecified atom stereocenters. The number of aryl methyl sites for hydroxylation is 1. The Balaban J connectivity index is 1.81. The fraction of sp³-hybridized carbons (Fsp3) is 0.0500. The summed E-state index contributed by atoms with van der Waals surface area (Å²) >= 11 is 0. The van der Waals surface area contributed by atoms with Crippen molar-refractivity contribution < 1.29 is 9.18 Å². The number of nitrogens with one attached hydrogen (secondary N) is 1. The van der Waals surface area contributed by atoms with Gasteiger partial charge in [0.25, 0.3) is 5.91 Å². The van der Waals surface area contributed by atoms with Gasteiger partial charge in [0.2, 0.25) is 0 Å². The highest BCUT2D eigenvalue weighted by Crippen LogP contribution is 2.24. The number of rotatable bonds is 2. The Kier molecular flexibility index (Phi) is 3.61. The van der Waals surface area contributed by atoms with Crippen molar-refractivity contribution in [3.63, 3.8) is 0 Å². The highest BCUT2D eigenvalue weighted by molar-refractivity contribution is 6.14. The molecular weight excluding hydrogens is 317 g/mol. The molecule has 0 fully saturated rings. The predicted octanol–water partition coefficient (Wildman–Crippen LogP) is 4.48. The number of hydrogen-bond acceptors (Lipinski definition) is 3. The minimum absolute atomic E-state index is 0.320. The van der Waals surface area contributed by atoms with Gasteiger partial charge >= 0.3 is 0 Å². The summed E-state index contributed by atoms with van der Waals surface area (Å²) in [6.45, 7) is 1.80. The lowest BCUT2D eigenvalue weighted by atomic mass is 10.1. The van der Waals surface area contributed by atoms with E-state index in [0.29, 0.717) is 33.4 Å². The maximum absolute atomic E-state index is 13.6. The van der Waals surface area contributed by atoms with Gasteiger partial charge in [0.05, 0.1) is 22.3 Å². The number of hydrogen-bond donors (Lipinski definition) is 1. The summed E-state index contributed by atoms with van der Waals surface area (Å²) < 4.78 is 13.6. The second-order valence-corrected chi connectivity index (χ2v) is 5.81. The average molecular weight is 331 g/mol. The first-order valence-electron chi connectivity index (χ1n) is 7.84. The van der Waals surface area contributed by atoms with E-state index in [-0.39, 0.29) is 5.91 Å². The number of pyridine rings is 2. The molecule has 2 aromatic heterocycles. The third-order valence-corrected chi connectivity index (χ3v) is 4.02. The van der Waals surface area contributed by atoms with E-state index in [1.54, 1.807) is 31.3 Å². The fourth-order valence-corrected chi connectivity index (χ4v) is 2.91. The number of carbonyl (C=O) groups is 1. The maximum Gasteiger partial charge on any atom is 0.256 e. The number of anilines is 1. The van der Waals surface area contributed by atoms with Crippen LogP contribution in [0.15, 0.2) is 60.8 Å². The minimum atomic E-state index is -0.404. The molecule has 0 radical (unpaired) electrons. The first-order valence-corrected chi connectivity index (χ1v) is 7.84. The summed E-state index contributed by atoms with van der Waals surface area (Å²) in [5.74, 6) is -0.724. The Morgan fingerprint density at radius 2 is 1.92 bits per heavy atom. The molecule has 0 saturated heterocycles. The molecule has 1 N–H and O–H groups in total. The number of para-hydroxylation sites is 1. The molecule has 0 bridgehead atoms. The SMILES string of the molecule is Cc1cc(C(=O)Nc2cccc3cccnc23)c2cc(F)ccc2n1. The van der Waals surface area contributed by atoms with Crippen molar-refractivity contribution in [1.82, 2.24) is 9.97 Å². The van der Waals surface area contributed by atoms with Crippen LogP contribution in [-0.4, -0.2) is 15.9 Å². The standard InChI is InChI=1S/C20H14FN3O/c1-12-10-16(15-11-14(21)7-8-17(15)23-12)20(25)24-18-6-2-4-13-5-3-9-22-19(13)18/h2-11H,1H3,(H,24,25). The topological polar surface area (TPSA) is 54.9 Å². The lowest BCUT2D eigenvalue weighted by molar-refractivity contribution is 0.102. The van der Waals surface area contributed by atoms with E-state index >= 15 is 0 Å². The van der Waals surface area contributed by atoms with Crippen LogP contribution in [0.25, 0.3) is 21.8 Å². The zero-order valence-electron chi connectivity index (χ0n) is 13.5. The summed E-state index contributed by atoms with van der Waals surface area (Å²) in [7, 11) is 0. The van der Waals surface area contributed by atoms with Gasteiger partial charge in [0, 0.05) is 22.7 Å². The third kappa shape index (κ3) is 2.80. The lowest BCUT2D eigenvalue weighted by Crippen LogP contribution is -2.13. The molecule has 2 aromatic carbocycles. The molecule has 0 aliphatic heterocycles. The van der Waals surface area contributed by atoms with Crippen LogP contribution in [-0.2, 0) is 0 Å². The molecule has 2 heterocycles. The van der Waals surface area contributed by atoms with Gasteiger partial charge in [-0.2, -0.15) is 0 Å². The van der Waals surface area contributed by atoms with Crippen molar-refractivity contribution in [2.75, 3.05) is 5.32 Å². The van der Waals surface area contributed by atoms with Crippen LogP contribution < -0.4 is 5.32 Å². The summed E-state index contributed by atoms with van der Waals surface area (Å²) in [6.07, 6.45) is 1.68. The van der Waals surface area contributed by atoms with Crippen LogP contribution in [0.1, 0.15) is 16.1 Å². The lowest BCUT2D eigenvalue weighted by Gasteiger charge is -2.11. The van der Waals surface area contributed by atoms with Crippen molar-refractivity contribution in [1.29, 1.82) is 0 Å². The monoisotopic (exact) mass is 331 g/mol. The van der Waals surface area contributed by atoms with Gasteiger partial charge in [-0.15, -0.1) is 0 Å². The van der Waals surface area contributed by atoms with Gasteiger partial charge in [-0.05, 0) is 43.3 Å². The number of fused-ring (bicyclic) bond motifs is 2. The minimum Gasteiger partial charge on any atom is -0.320 e. The second-order valence-electron chi connectivity index (χ2n) is 5.81. The average Bonchev–Trinajstić information content (AvgIpc) is 2.61. The van der Waals surface area contributed by atoms with Crippen molar-refractivity contribution in [2.45, 2.75) is 6.92 Å². The Morgan fingerprint density at radius 1 is 1.08 bits per heavy atom. The molecule has 122 valence electrons. The number of halogens is 1. The van der Waals surface area contributed by atoms with Gasteiger partial charge < -0.3 is 5.32 Å². The van der Waals surface area contributed by atoms with Crippen molar-refractivity contribution in [3.8, 4) is 0 Å². The van der Waals surface area contributed by atoms with E-state index in [4.69, 9.17) is 0 Å². The van der Waals surface area contributed by atoms with Crippen molar-refractivity contribution in [3.05, 3.63) is 77.9 Å². The molecule has 1 amide bonds. The van der Waals surface area contributed by atoms with Gasteiger partial charge in [-0.25, -0.2) is 4.39 Å². The molecular formula is C20H14FN3O. The van der Waals surface area contributed by atoms with Gasteiger partial charge in [0.15, 0.2) is 0 Å². The van der Waals surface area contributed by atoms with Gasteiger partial charge in [-0.1, -0.05) is 18.2 Å². The van der Waals surface area contributed by atoms with E-state index in [9.17, 15) is 9.18 Å². The van der Waals surface area contributed by atoms with Crippen LogP contribution in [0.5, 0.6) is 0 Å². The molecule has 0 aliphatic rings. The molecule has 4 rings (SSSR count). The van der Waals surface area contributed by atoms with E-state index < -0.39 is 5.82 Å². The normalized spacial score (nSPS) is 11.0. The Morgan fingerprint density at radius 3 is 2.80 bits per heavy atom. The zero-order valence-corrected chi connectivity index (χ0v) is 13.5. The highest BCUT2D eigenvalue weighted by atomic mass is 19.1. The van der Waals surface area contributed by atoms with Crippen molar-refractivity contribution in [2.24, 2.45) is 0 Å². The quantitative estimate of drug-likeness (QED) is 0.589. The zero-order chi connectivity index (χ0) is 17.4. The Labute approximate surface area is 143 Å². The Hall–Kier alpha value is -3.34. The number of nitrogens with zero attached hydrogens (tertiary/aromatic N) is 2. The van der Waals surface area contributed by atoms with Crippen molar-refractivity contribution >= 4 is 33.4 Å². The summed E-state index contributed by atoms with van der Waals surface area (Å²) in [5, 5.41) is 4.30. The van der Waals surface area contributed by atoms with Gasteiger partial charge in [-0.3, -0.25) is 14.8 Å². The summed E-state index contributed by atoms with van der Waals surface area (Å²) in [6, 6.07) is 15.3. The summed E-state index contributed by atoms with van der Waals surface area (Å²) in [5.41, 5.74) is 2.99. The fourth-order valence-electron chi connectivity index (χ4n) is 2.91. The molecule has 25 heavy (non-hydrogen) atoms. The number of benzene rings is 2. The summed E-state index contributed by atoms with van der Waals surface area (Å²) in [4.78, 5) is 21.5. The van der Waals surface area contributed by atoms with E-state index in [1.165, 1.54) is 12.1 Å². The molecule has 0 atom stereocenters. The van der Waals surface area contributed by atoms with Crippen LogP contribution in [0.4, 0.5) is 10.1 Å². The van der Waals surface area contributed by atoms with E-state index in [1.807, 2.05) is 24.3 Å². The maximum atomic E-state index is 13.6. The van der Waals surface area contributed by atoms with E-state index in [0.717, 1.165) is 5.39 Å². The molecule has 0 aliphatic carbocycles. The highest BCUT2D eigenvalue weighted by Gasteiger charge is 2.14. The number of amides is 1. The predicted molar refractivity (Wildman–Crippen MR) is 96.1 cm³/mol. The van der Waals surface area contributed by atoms with Crippen LogP contribution in [0.3, 0.4) is 0 Å². The van der Waals surface area contributed by atoms with Crippen LogP contribution in [0, 0.1) is 12.7 Å². The molecule has 4 nitrogen and oxygen atoms in total. The largest absolute Gasteiger partial charge is 0.320 e. The number of carbonyl (C=O) groups excluding carboxylic acids is 1. The third-order valence-electron chi connectivity index (χ3n) is 4.02. The molecule has 4 aromatic rings. The molecule has 0 saturated carbocycles. The first-order chi connectivity index (χ1) is 12.1.